The Morgan fingerprint density at radius 2 is 1.64 bits per heavy atom. The fraction of sp³-hybridized carbons (Fsp3) is 0.273. The van der Waals surface area contributed by atoms with Crippen LogP contribution in [-0.2, 0) is 13.2 Å². The number of benzene rings is 3. The highest BCUT2D eigenvalue weighted by molar-refractivity contribution is 6.31. The number of hydrogen-bond acceptors (Lipinski definition) is 3. The van der Waals surface area contributed by atoms with Crippen LogP contribution >= 0.6 is 36.4 Å². The van der Waals surface area contributed by atoms with Gasteiger partial charge in [-0.15, -0.1) is 24.8 Å². The maximum Gasteiger partial charge on any atom is 0.124 e. The molecule has 0 saturated heterocycles. The predicted molar refractivity (Wildman–Crippen MR) is 124 cm³/mol. The SMILES string of the molecule is CNCCCNCc1c(OCc2ccccc2Cl)ccc2ccccc12.Cl.Cl. The van der Waals surface area contributed by atoms with Crippen molar-refractivity contribution in [1.29, 1.82) is 0 Å². The van der Waals surface area contributed by atoms with Gasteiger partial charge in [0.15, 0.2) is 0 Å². The van der Waals surface area contributed by atoms with Crippen LogP contribution in [0.3, 0.4) is 0 Å². The number of ether oxygens (including phenoxy) is 1. The van der Waals surface area contributed by atoms with Crippen LogP contribution in [0.2, 0.25) is 5.02 Å². The molecule has 0 bridgehead atoms. The third-order valence-corrected chi connectivity index (χ3v) is 4.79. The van der Waals surface area contributed by atoms with E-state index in [4.69, 9.17) is 16.3 Å². The van der Waals surface area contributed by atoms with E-state index in [1.54, 1.807) is 0 Å². The van der Waals surface area contributed by atoms with Gasteiger partial charge in [-0.05, 0) is 49.5 Å². The molecule has 0 aliphatic heterocycles. The van der Waals surface area contributed by atoms with Gasteiger partial charge in [-0.1, -0.05) is 60.1 Å². The van der Waals surface area contributed by atoms with E-state index in [9.17, 15) is 0 Å². The van der Waals surface area contributed by atoms with Crippen molar-refractivity contribution in [3.63, 3.8) is 0 Å². The molecule has 0 atom stereocenters. The summed E-state index contributed by atoms with van der Waals surface area (Å²) in [5.74, 6) is 0.907. The molecule has 0 spiro atoms. The van der Waals surface area contributed by atoms with Crippen LogP contribution in [0.25, 0.3) is 10.8 Å². The van der Waals surface area contributed by atoms with Gasteiger partial charge in [0.2, 0.25) is 0 Å². The first kappa shape index (κ1) is 24.5. The Morgan fingerprint density at radius 3 is 2.43 bits per heavy atom. The minimum Gasteiger partial charge on any atom is -0.488 e. The van der Waals surface area contributed by atoms with Crippen LogP contribution in [0.4, 0.5) is 0 Å². The molecule has 2 N–H and O–H groups in total. The normalized spacial score (nSPS) is 10.2. The monoisotopic (exact) mass is 440 g/mol. The molecule has 0 saturated carbocycles. The largest absolute Gasteiger partial charge is 0.488 e. The summed E-state index contributed by atoms with van der Waals surface area (Å²) in [5, 5.41) is 9.90. The number of hydrogen-bond donors (Lipinski definition) is 2. The van der Waals surface area contributed by atoms with Crippen LogP contribution < -0.4 is 15.4 Å². The first-order valence-corrected chi connectivity index (χ1v) is 9.39. The van der Waals surface area contributed by atoms with Crippen molar-refractivity contribution in [1.82, 2.24) is 10.6 Å². The number of fused-ring (bicyclic) bond motifs is 1. The molecule has 0 radical (unpaired) electrons. The Hall–Kier alpha value is -1.49. The molecule has 0 amide bonds. The van der Waals surface area contributed by atoms with Crippen molar-refractivity contribution in [2.45, 2.75) is 19.6 Å². The van der Waals surface area contributed by atoms with Crippen LogP contribution in [0.15, 0.2) is 60.7 Å². The molecule has 28 heavy (non-hydrogen) atoms. The average molecular weight is 442 g/mol. The minimum absolute atomic E-state index is 0. The molecule has 0 unspecified atom stereocenters. The highest BCUT2D eigenvalue weighted by atomic mass is 35.5. The average Bonchev–Trinajstić information content (AvgIpc) is 2.68. The smallest absolute Gasteiger partial charge is 0.124 e. The zero-order valence-electron chi connectivity index (χ0n) is 15.9. The lowest BCUT2D eigenvalue weighted by molar-refractivity contribution is 0.303. The first-order valence-electron chi connectivity index (χ1n) is 9.01. The van der Waals surface area contributed by atoms with E-state index in [0.29, 0.717) is 6.61 Å². The predicted octanol–water partition coefficient (Wildman–Crippen LogP) is 5.61. The van der Waals surface area contributed by atoms with Crippen LogP contribution in [0, 0.1) is 0 Å². The second-order valence-electron chi connectivity index (χ2n) is 6.28. The summed E-state index contributed by atoms with van der Waals surface area (Å²) in [6.07, 6.45) is 1.09. The number of rotatable bonds is 9. The third kappa shape index (κ3) is 6.54. The van der Waals surface area contributed by atoms with Crippen molar-refractivity contribution in [2.75, 3.05) is 20.1 Å². The highest BCUT2D eigenvalue weighted by Crippen LogP contribution is 2.29. The molecule has 152 valence electrons. The lowest BCUT2D eigenvalue weighted by Gasteiger charge is -2.16. The van der Waals surface area contributed by atoms with E-state index in [-0.39, 0.29) is 24.8 Å². The fourth-order valence-corrected chi connectivity index (χ4v) is 3.20. The fourth-order valence-electron chi connectivity index (χ4n) is 3.01. The van der Waals surface area contributed by atoms with Gasteiger partial charge in [0.05, 0.1) is 0 Å². The zero-order valence-corrected chi connectivity index (χ0v) is 18.3. The van der Waals surface area contributed by atoms with Gasteiger partial charge >= 0.3 is 0 Å². The molecule has 3 aromatic rings. The van der Waals surface area contributed by atoms with Gasteiger partial charge in [0.25, 0.3) is 0 Å². The Labute approximate surface area is 184 Å². The number of halogens is 3. The summed E-state index contributed by atoms with van der Waals surface area (Å²) in [6.45, 7) is 3.22. The van der Waals surface area contributed by atoms with Crippen molar-refractivity contribution >= 4 is 47.2 Å². The van der Waals surface area contributed by atoms with E-state index in [0.717, 1.165) is 42.4 Å². The van der Waals surface area contributed by atoms with Crippen LogP contribution in [0.5, 0.6) is 5.75 Å². The van der Waals surface area contributed by atoms with Crippen molar-refractivity contribution < 1.29 is 4.74 Å². The molecule has 0 fully saturated rings. The van der Waals surface area contributed by atoms with Crippen molar-refractivity contribution in [2.24, 2.45) is 0 Å². The Kier molecular flexibility index (Phi) is 11.3. The summed E-state index contributed by atoms with van der Waals surface area (Å²) in [4.78, 5) is 0. The maximum absolute atomic E-state index is 6.26. The standard InChI is InChI=1S/C22H25ClN2O.2ClH/c1-24-13-6-14-25-15-20-19-9-4-2-7-17(19)11-12-22(20)26-16-18-8-3-5-10-21(18)23;;/h2-5,7-12,24-25H,6,13-16H2,1H3;2*1H. The number of nitrogens with one attached hydrogen (secondary N) is 2. The van der Waals surface area contributed by atoms with Crippen molar-refractivity contribution in [3.8, 4) is 5.75 Å². The minimum atomic E-state index is 0. The summed E-state index contributed by atoms with van der Waals surface area (Å²) >= 11 is 6.26. The lowest BCUT2D eigenvalue weighted by Crippen LogP contribution is -2.20. The van der Waals surface area contributed by atoms with Gasteiger partial charge in [0, 0.05) is 22.7 Å². The topological polar surface area (TPSA) is 33.3 Å². The van der Waals surface area contributed by atoms with Gasteiger partial charge in [-0.25, -0.2) is 0 Å². The third-order valence-electron chi connectivity index (χ3n) is 4.42. The molecule has 3 nitrogen and oxygen atoms in total. The van der Waals surface area contributed by atoms with Gasteiger partial charge < -0.3 is 15.4 Å². The summed E-state index contributed by atoms with van der Waals surface area (Å²) < 4.78 is 6.15. The zero-order chi connectivity index (χ0) is 18.2. The Morgan fingerprint density at radius 1 is 0.893 bits per heavy atom. The molecule has 0 aromatic heterocycles. The second-order valence-corrected chi connectivity index (χ2v) is 6.68. The van der Waals surface area contributed by atoms with Crippen molar-refractivity contribution in [3.05, 3.63) is 76.8 Å². The maximum atomic E-state index is 6.26. The second kappa shape index (κ2) is 12.9. The molecule has 0 aliphatic carbocycles. The molecular weight excluding hydrogens is 415 g/mol. The van der Waals surface area contributed by atoms with Crippen LogP contribution in [0.1, 0.15) is 17.5 Å². The van der Waals surface area contributed by atoms with Gasteiger partial charge in [-0.3, -0.25) is 0 Å². The highest BCUT2D eigenvalue weighted by Gasteiger charge is 2.10. The molecule has 0 aliphatic rings. The molecule has 0 heterocycles. The Bertz CT molecular complexity index is 858. The van der Waals surface area contributed by atoms with E-state index in [1.807, 2.05) is 31.3 Å². The molecule has 3 aromatic carbocycles. The molecular formula is C22H27Cl3N2O. The summed E-state index contributed by atoms with van der Waals surface area (Å²) in [5.41, 5.74) is 2.19. The first-order chi connectivity index (χ1) is 12.8. The quantitative estimate of drug-likeness (QED) is 0.423. The summed E-state index contributed by atoms with van der Waals surface area (Å²) in [6, 6.07) is 20.4. The van der Waals surface area contributed by atoms with E-state index >= 15 is 0 Å². The lowest BCUT2D eigenvalue weighted by atomic mass is 10.0. The van der Waals surface area contributed by atoms with E-state index < -0.39 is 0 Å². The Balaban J connectivity index is 0.00000196. The van der Waals surface area contributed by atoms with Gasteiger partial charge in [0.1, 0.15) is 12.4 Å². The van der Waals surface area contributed by atoms with E-state index in [2.05, 4.69) is 47.0 Å². The van der Waals surface area contributed by atoms with Gasteiger partial charge in [-0.2, -0.15) is 0 Å². The summed E-state index contributed by atoms with van der Waals surface area (Å²) in [7, 11) is 1.98. The van der Waals surface area contributed by atoms with E-state index in [1.165, 1.54) is 16.3 Å². The molecule has 6 heteroatoms. The van der Waals surface area contributed by atoms with Crippen LogP contribution in [-0.4, -0.2) is 20.1 Å². The molecule has 3 rings (SSSR count).